The molecular weight excluding hydrogens is 524 g/mol. The maximum atomic E-state index is 12.1. The number of carbonyl (C=O) groups excluding carboxylic acids is 2. The molecule has 0 rings (SSSR count). The van der Waals surface area contributed by atoms with Crippen LogP contribution in [0, 0.1) is 0 Å². The smallest absolute Gasteiger partial charge is 0.306 e. The lowest BCUT2D eigenvalue weighted by Crippen LogP contribution is -2.28. The van der Waals surface area contributed by atoms with Gasteiger partial charge in [0.25, 0.3) is 0 Å². The molecule has 0 saturated carbocycles. The van der Waals surface area contributed by atoms with Crippen molar-refractivity contribution in [3.8, 4) is 0 Å². The molecule has 5 heteroatoms. The van der Waals surface area contributed by atoms with Gasteiger partial charge in [-0.25, -0.2) is 0 Å². The van der Waals surface area contributed by atoms with Crippen molar-refractivity contribution in [2.24, 2.45) is 0 Å². The number of allylic oxidation sites excluding steroid dienone is 10. The maximum absolute atomic E-state index is 12.1. The van der Waals surface area contributed by atoms with Gasteiger partial charge in [0, 0.05) is 12.8 Å². The van der Waals surface area contributed by atoms with Crippen LogP contribution in [-0.2, 0) is 19.1 Å². The van der Waals surface area contributed by atoms with Crippen LogP contribution in [0.1, 0.15) is 142 Å². The first-order valence-corrected chi connectivity index (χ1v) is 16.8. The van der Waals surface area contributed by atoms with E-state index in [0.717, 1.165) is 83.5 Å². The van der Waals surface area contributed by atoms with Gasteiger partial charge in [0.15, 0.2) is 6.10 Å². The Bertz CT molecular complexity index is 762. The molecule has 240 valence electrons. The number of esters is 2. The SMILES string of the molecule is CC/C=C\C/C=C\C/C=C\C/C=C\CCCCCCC(=O)OC(CO)COC(=O)CCCCCCC/C=C\CCCC. The number of aliphatic hydroxyl groups excluding tert-OH is 1. The van der Waals surface area contributed by atoms with Crippen LogP contribution in [0.5, 0.6) is 0 Å². The van der Waals surface area contributed by atoms with Crippen LogP contribution in [0.2, 0.25) is 0 Å². The lowest BCUT2D eigenvalue weighted by molar-refractivity contribution is -0.161. The summed E-state index contributed by atoms with van der Waals surface area (Å²) in [4.78, 5) is 24.1. The Labute approximate surface area is 258 Å². The zero-order valence-electron chi connectivity index (χ0n) is 27.0. The summed E-state index contributed by atoms with van der Waals surface area (Å²) in [6.07, 6.45) is 41.3. The molecule has 42 heavy (non-hydrogen) atoms. The summed E-state index contributed by atoms with van der Waals surface area (Å²) in [5.41, 5.74) is 0. The molecule has 0 aromatic rings. The first-order chi connectivity index (χ1) is 20.6. The number of rotatable bonds is 29. The Hall–Kier alpha value is -2.40. The van der Waals surface area contributed by atoms with E-state index in [0.29, 0.717) is 12.8 Å². The molecule has 0 radical (unpaired) electrons. The number of hydrogen-bond donors (Lipinski definition) is 1. The minimum absolute atomic E-state index is 0.0830. The van der Waals surface area contributed by atoms with Crippen LogP contribution in [0.3, 0.4) is 0 Å². The van der Waals surface area contributed by atoms with E-state index in [1.807, 2.05) is 0 Å². The second-order valence-electron chi connectivity index (χ2n) is 10.9. The van der Waals surface area contributed by atoms with Crippen molar-refractivity contribution in [2.45, 2.75) is 148 Å². The van der Waals surface area contributed by atoms with Gasteiger partial charge in [0.2, 0.25) is 0 Å². The fraction of sp³-hybridized carbons (Fsp3) is 0.676. The number of ether oxygens (including phenoxy) is 2. The standard InChI is InChI=1S/C37H62O5/c1-3-5-7-9-11-13-15-16-17-18-19-20-22-24-26-28-30-32-37(40)42-35(33-38)34-41-36(39)31-29-27-25-23-21-14-12-10-8-6-4-2/h5,7,10-13,16-17,19-20,35,38H,3-4,6,8-9,14-15,18,21-34H2,1-2H3/b7-5-,12-10-,13-11-,17-16-,20-19-. The monoisotopic (exact) mass is 586 g/mol. The molecule has 1 N–H and O–H groups in total. The van der Waals surface area contributed by atoms with Crippen LogP contribution in [-0.4, -0.2) is 36.4 Å². The maximum Gasteiger partial charge on any atom is 0.306 e. The number of unbranched alkanes of at least 4 members (excludes halogenated alkanes) is 11. The number of hydrogen-bond acceptors (Lipinski definition) is 5. The summed E-state index contributed by atoms with van der Waals surface area (Å²) < 4.78 is 10.5. The summed E-state index contributed by atoms with van der Waals surface area (Å²) in [7, 11) is 0. The summed E-state index contributed by atoms with van der Waals surface area (Å²) in [5, 5.41) is 9.50. The molecule has 1 atom stereocenters. The van der Waals surface area contributed by atoms with E-state index in [4.69, 9.17) is 9.47 Å². The van der Waals surface area contributed by atoms with Crippen molar-refractivity contribution in [1.82, 2.24) is 0 Å². The van der Waals surface area contributed by atoms with Crippen molar-refractivity contribution in [3.05, 3.63) is 60.8 Å². The molecule has 0 amide bonds. The van der Waals surface area contributed by atoms with E-state index in [9.17, 15) is 14.7 Å². The fourth-order valence-electron chi connectivity index (χ4n) is 4.23. The van der Waals surface area contributed by atoms with E-state index in [1.165, 1.54) is 32.1 Å². The van der Waals surface area contributed by atoms with Gasteiger partial charge in [0.1, 0.15) is 6.61 Å². The lowest BCUT2D eigenvalue weighted by atomic mass is 10.1. The molecule has 0 aliphatic carbocycles. The second kappa shape index (κ2) is 33.1. The first kappa shape index (κ1) is 39.6. The van der Waals surface area contributed by atoms with Crippen molar-refractivity contribution < 1.29 is 24.2 Å². The van der Waals surface area contributed by atoms with Gasteiger partial charge in [-0.1, -0.05) is 120 Å². The fourth-order valence-corrected chi connectivity index (χ4v) is 4.23. The van der Waals surface area contributed by atoms with Gasteiger partial charge in [-0.05, 0) is 70.6 Å². The van der Waals surface area contributed by atoms with Crippen LogP contribution < -0.4 is 0 Å². The molecule has 0 aromatic heterocycles. The summed E-state index contributed by atoms with van der Waals surface area (Å²) in [5.74, 6) is -0.638. The van der Waals surface area contributed by atoms with Gasteiger partial charge in [-0.3, -0.25) is 9.59 Å². The largest absolute Gasteiger partial charge is 0.462 e. The molecule has 0 aromatic carbocycles. The third-order valence-electron chi connectivity index (χ3n) is 6.80. The predicted octanol–water partition coefficient (Wildman–Crippen LogP) is 10.1. The van der Waals surface area contributed by atoms with E-state index in [1.54, 1.807) is 0 Å². The van der Waals surface area contributed by atoms with Crippen molar-refractivity contribution in [3.63, 3.8) is 0 Å². The zero-order valence-corrected chi connectivity index (χ0v) is 27.0. The second-order valence-corrected chi connectivity index (χ2v) is 10.9. The normalized spacial score (nSPS) is 12.9. The zero-order chi connectivity index (χ0) is 30.8. The highest BCUT2D eigenvalue weighted by Gasteiger charge is 2.16. The minimum Gasteiger partial charge on any atom is -0.462 e. The molecule has 0 aliphatic heterocycles. The highest BCUT2D eigenvalue weighted by atomic mass is 16.6. The Balaban J connectivity index is 3.68. The van der Waals surface area contributed by atoms with E-state index < -0.39 is 6.10 Å². The van der Waals surface area contributed by atoms with Gasteiger partial charge >= 0.3 is 11.9 Å². The average Bonchev–Trinajstić information content (AvgIpc) is 2.99. The van der Waals surface area contributed by atoms with Crippen molar-refractivity contribution in [2.75, 3.05) is 13.2 Å². The molecule has 0 aliphatic rings. The third kappa shape index (κ3) is 30.6. The van der Waals surface area contributed by atoms with Gasteiger partial charge < -0.3 is 14.6 Å². The van der Waals surface area contributed by atoms with Gasteiger partial charge in [0.05, 0.1) is 6.61 Å². The molecular formula is C37H62O5. The number of aliphatic hydroxyl groups is 1. The Morgan fingerprint density at radius 1 is 0.571 bits per heavy atom. The lowest BCUT2D eigenvalue weighted by Gasteiger charge is -2.15. The number of carbonyl (C=O) groups is 2. The van der Waals surface area contributed by atoms with Crippen molar-refractivity contribution >= 4 is 11.9 Å². The molecule has 0 saturated heterocycles. The topological polar surface area (TPSA) is 72.8 Å². The Morgan fingerprint density at radius 2 is 1.02 bits per heavy atom. The van der Waals surface area contributed by atoms with E-state index in [2.05, 4.69) is 74.6 Å². The van der Waals surface area contributed by atoms with Crippen LogP contribution in [0.15, 0.2) is 60.8 Å². The van der Waals surface area contributed by atoms with Gasteiger partial charge in [-0.15, -0.1) is 0 Å². The summed E-state index contributed by atoms with van der Waals surface area (Å²) in [6, 6.07) is 0. The van der Waals surface area contributed by atoms with Crippen molar-refractivity contribution in [1.29, 1.82) is 0 Å². The Kier molecular flexibility index (Phi) is 31.2. The summed E-state index contributed by atoms with van der Waals surface area (Å²) >= 11 is 0. The molecule has 0 spiro atoms. The Morgan fingerprint density at radius 3 is 1.57 bits per heavy atom. The highest BCUT2D eigenvalue weighted by Crippen LogP contribution is 2.10. The summed E-state index contributed by atoms with van der Waals surface area (Å²) in [6.45, 7) is 3.93. The molecule has 5 nitrogen and oxygen atoms in total. The highest BCUT2D eigenvalue weighted by molar-refractivity contribution is 5.70. The van der Waals surface area contributed by atoms with Crippen LogP contribution in [0.25, 0.3) is 0 Å². The molecule has 1 unspecified atom stereocenters. The van der Waals surface area contributed by atoms with Crippen LogP contribution in [0.4, 0.5) is 0 Å². The predicted molar refractivity (Wildman–Crippen MR) is 177 cm³/mol. The minimum atomic E-state index is -0.787. The molecule has 0 fully saturated rings. The average molecular weight is 587 g/mol. The quantitative estimate of drug-likeness (QED) is 0.0536. The molecule has 0 bridgehead atoms. The van der Waals surface area contributed by atoms with Gasteiger partial charge in [-0.2, -0.15) is 0 Å². The van der Waals surface area contributed by atoms with E-state index >= 15 is 0 Å². The third-order valence-corrected chi connectivity index (χ3v) is 6.80. The van der Waals surface area contributed by atoms with E-state index in [-0.39, 0.29) is 25.2 Å². The van der Waals surface area contributed by atoms with Crippen LogP contribution >= 0.6 is 0 Å². The first-order valence-electron chi connectivity index (χ1n) is 16.8. The molecule has 0 heterocycles.